The van der Waals surface area contributed by atoms with Crippen LogP contribution in [0.15, 0.2) is 28.7 Å². The van der Waals surface area contributed by atoms with Gasteiger partial charge in [0.2, 0.25) is 0 Å². The number of esters is 1. The van der Waals surface area contributed by atoms with Crippen LogP contribution in [0.3, 0.4) is 0 Å². The molecule has 0 aliphatic rings. The summed E-state index contributed by atoms with van der Waals surface area (Å²) in [5.74, 6) is -0.263. The number of ether oxygens (including phenoxy) is 2. The van der Waals surface area contributed by atoms with Crippen LogP contribution in [0.5, 0.6) is 0 Å². The van der Waals surface area contributed by atoms with E-state index in [-0.39, 0.29) is 12.5 Å². The predicted molar refractivity (Wildman–Crippen MR) is 68.7 cm³/mol. The van der Waals surface area contributed by atoms with E-state index in [9.17, 15) is 4.79 Å². The molecule has 0 bridgehead atoms. The SMILES string of the molecule is COCCNCC(=O)OCc1cccc(Br)c1. The van der Waals surface area contributed by atoms with Gasteiger partial charge in [0.25, 0.3) is 0 Å². The molecular formula is C12H16BrNO3. The number of nitrogens with one attached hydrogen (secondary N) is 1. The molecule has 0 aliphatic heterocycles. The Hall–Kier alpha value is -0.910. The Kier molecular flexibility index (Phi) is 6.84. The summed E-state index contributed by atoms with van der Waals surface area (Å²) < 4.78 is 10.9. The van der Waals surface area contributed by atoms with E-state index in [0.717, 1.165) is 10.0 Å². The average molecular weight is 302 g/mol. The number of rotatable bonds is 7. The largest absolute Gasteiger partial charge is 0.460 e. The molecule has 0 saturated carbocycles. The Labute approximate surface area is 109 Å². The molecule has 0 aromatic heterocycles. The maximum Gasteiger partial charge on any atom is 0.320 e. The minimum atomic E-state index is -0.263. The van der Waals surface area contributed by atoms with Gasteiger partial charge in [0.05, 0.1) is 13.2 Å². The van der Waals surface area contributed by atoms with E-state index in [4.69, 9.17) is 9.47 Å². The Balaban J connectivity index is 2.19. The van der Waals surface area contributed by atoms with Crippen LogP contribution in [-0.2, 0) is 20.9 Å². The van der Waals surface area contributed by atoms with Gasteiger partial charge in [-0.25, -0.2) is 0 Å². The van der Waals surface area contributed by atoms with Crippen molar-refractivity contribution in [2.45, 2.75) is 6.61 Å². The summed E-state index contributed by atoms with van der Waals surface area (Å²) in [4.78, 5) is 11.3. The zero-order valence-corrected chi connectivity index (χ0v) is 11.3. The lowest BCUT2D eigenvalue weighted by molar-refractivity contribution is -0.143. The Morgan fingerprint density at radius 2 is 2.29 bits per heavy atom. The molecule has 1 aromatic rings. The third-order valence-electron chi connectivity index (χ3n) is 2.04. The number of carbonyl (C=O) groups is 1. The van der Waals surface area contributed by atoms with E-state index in [0.29, 0.717) is 19.8 Å². The highest BCUT2D eigenvalue weighted by Gasteiger charge is 2.02. The highest BCUT2D eigenvalue weighted by molar-refractivity contribution is 9.10. The van der Waals surface area contributed by atoms with Crippen molar-refractivity contribution in [3.63, 3.8) is 0 Å². The van der Waals surface area contributed by atoms with Gasteiger partial charge in [-0.3, -0.25) is 4.79 Å². The van der Waals surface area contributed by atoms with Gasteiger partial charge in [0.15, 0.2) is 0 Å². The van der Waals surface area contributed by atoms with E-state index >= 15 is 0 Å². The minimum absolute atomic E-state index is 0.206. The number of halogens is 1. The lowest BCUT2D eigenvalue weighted by atomic mass is 10.2. The Morgan fingerprint density at radius 3 is 3.00 bits per heavy atom. The molecule has 1 N–H and O–H groups in total. The molecule has 5 heteroatoms. The minimum Gasteiger partial charge on any atom is -0.460 e. The molecule has 0 fully saturated rings. The van der Waals surface area contributed by atoms with Crippen molar-refractivity contribution in [2.75, 3.05) is 26.8 Å². The first-order chi connectivity index (χ1) is 8.22. The van der Waals surface area contributed by atoms with Crippen LogP contribution in [0.25, 0.3) is 0 Å². The molecule has 0 saturated heterocycles. The monoisotopic (exact) mass is 301 g/mol. The quantitative estimate of drug-likeness (QED) is 0.615. The molecule has 1 rings (SSSR count). The fourth-order valence-electron chi connectivity index (χ4n) is 1.21. The molecule has 0 spiro atoms. The summed E-state index contributed by atoms with van der Waals surface area (Å²) >= 11 is 3.36. The molecule has 0 amide bonds. The van der Waals surface area contributed by atoms with Crippen LogP contribution in [0.2, 0.25) is 0 Å². The van der Waals surface area contributed by atoms with Crippen molar-refractivity contribution in [1.82, 2.24) is 5.32 Å². The van der Waals surface area contributed by atoms with Gasteiger partial charge >= 0.3 is 5.97 Å². The van der Waals surface area contributed by atoms with Crippen LogP contribution in [0, 0.1) is 0 Å². The first kappa shape index (κ1) is 14.2. The van der Waals surface area contributed by atoms with Crippen molar-refractivity contribution >= 4 is 21.9 Å². The second-order valence-corrected chi connectivity index (χ2v) is 4.38. The number of hydrogen-bond acceptors (Lipinski definition) is 4. The summed E-state index contributed by atoms with van der Waals surface area (Å²) in [6, 6.07) is 7.67. The molecule has 17 heavy (non-hydrogen) atoms. The standard InChI is InChI=1S/C12H16BrNO3/c1-16-6-5-14-8-12(15)17-9-10-3-2-4-11(13)7-10/h2-4,7,14H,5-6,8-9H2,1H3. The normalized spacial score (nSPS) is 10.2. The van der Waals surface area contributed by atoms with Gasteiger partial charge in [-0.15, -0.1) is 0 Å². The molecule has 0 heterocycles. The van der Waals surface area contributed by atoms with Gasteiger partial charge in [-0.2, -0.15) is 0 Å². The van der Waals surface area contributed by atoms with Crippen molar-refractivity contribution in [3.05, 3.63) is 34.3 Å². The molecule has 1 aromatic carbocycles. The van der Waals surface area contributed by atoms with Crippen LogP contribution in [0.4, 0.5) is 0 Å². The van der Waals surface area contributed by atoms with Gasteiger partial charge in [0, 0.05) is 18.1 Å². The molecule has 0 unspecified atom stereocenters. The van der Waals surface area contributed by atoms with E-state index in [2.05, 4.69) is 21.2 Å². The Morgan fingerprint density at radius 1 is 1.47 bits per heavy atom. The number of carbonyl (C=O) groups excluding carboxylic acids is 1. The highest BCUT2D eigenvalue weighted by Crippen LogP contribution is 2.12. The topological polar surface area (TPSA) is 47.6 Å². The van der Waals surface area contributed by atoms with Gasteiger partial charge < -0.3 is 14.8 Å². The summed E-state index contributed by atoms with van der Waals surface area (Å²) in [6.45, 7) is 1.73. The summed E-state index contributed by atoms with van der Waals surface area (Å²) in [5.41, 5.74) is 0.963. The van der Waals surface area contributed by atoms with E-state index in [1.807, 2.05) is 24.3 Å². The zero-order valence-electron chi connectivity index (χ0n) is 9.74. The second-order valence-electron chi connectivity index (χ2n) is 3.46. The smallest absolute Gasteiger partial charge is 0.320 e. The molecular weight excluding hydrogens is 286 g/mol. The van der Waals surface area contributed by atoms with Gasteiger partial charge in [0.1, 0.15) is 6.61 Å². The van der Waals surface area contributed by atoms with Gasteiger partial charge in [-0.05, 0) is 17.7 Å². The van der Waals surface area contributed by atoms with E-state index in [1.165, 1.54) is 0 Å². The molecule has 4 nitrogen and oxygen atoms in total. The highest BCUT2D eigenvalue weighted by atomic mass is 79.9. The van der Waals surface area contributed by atoms with E-state index < -0.39 is 0 Å². The molecule has 0 atom stereocenters. The van der Waals surface area contributed by atoms with Gasteiger partial charge in [-0.1, -0.05) is 28.1 Å². The number of benzene rings is 1. The first-order valence-electron chi connectivity index (χ1n) is 5.32. The fraction of sp³-hybridized carbons (Fsp3) is 0.417. The van der Waals surface area contributed by atoms with Crippen LogP contribution in [-0.4, -0.2) is 32.8 Å². The molecule has 0 aliphatic carbocycles. The lowest BCUT2D eigenvalue weighted by Crippen LogP contribution is -2.27. The molecule has 0 radical (unpaired) electrons. The lowest BCUT2D eigenvalue weighted by Gasteiger charge is -2.06. The number of methoxy groups -OCH3 is 1. The van der Waals surface area contributed by atoms with Crippen molar-refractivity contribution in [1.29, 1.82) is 0 Å². The van der Waals surface area contributed by atoms with Crippen molar-refractivity contribution < 1.29 is 14.3 Å². The van der Waals surface area contributed by atoms with Crippen molar-refractivity contribution in [3.8, 4) is 0 Å². The summed E-state index contributed by atoms with van der Waals surface area (Å²) in [5, 5.41) is 2.92. The van der Waals surface area contributed by atoms with E-state index in [1.54, 1.807) is 7.11 Å². The first-order valence-corrected chi connectivity index (χ1v) is 6.11. The zero-order chi connectivity index (χ0) is 12.5. The van der Waals surface area contributed by atoms with Crippen LogP contribution < -0.4 is 5.32 Å². The third kappa shape index (κ3) is 6.41. The third-order valence-corrected chi connectivity index (χ3v) is 2.53. The number of hydrogen-bond donors (Lipinski definition) is 1. The maximum absolute atomic E-state index is 11.3. The predicted octanol–water partition coefficient (Wildman–Crippen LogP) is 1.73. The fourth-order valence-corrected chi connectivity index (χ4v) is 1.65. The summed E-state index contributed by atoms with van der Waals surface area (Å²) in [6.07, 6.45) is 0. The van der Waals surface area contributed by atoms with Crippen LogP contribution >= 0.6 is 15.9 Å². The van der Waals surface area contributed by atoms with Crippen molar-refractivity contribution in [2.24, 2.45) is 0 Å². The molecule has 94 valence electrons. The second kappa shape index (κ2) is 8.22. The maximum atomic E-state index is 11.3. The average Bonchev–Trinajstić information content (AvgIpc) is 2.32. The Bertz CT molecular complexity index is 357. The summed E-state index contributed by atoms with van der Waals surface area (Å²) in [7, 11) is 1.62. The van der Waals surface area contributed by atoms with Crippen LogP contribution in [0.1, 0.15) is 5.56 Å².